The van der Waals surface area contributed by atoms with Gasteiger partial charge in [0, 0.05) is 24.9 Å². The van der Waals surface area contributed by atoms with Crippen molar-refractivity contribution in [3.05, 3.63) is 0 Å². The van der Waals surface area contributed by atoms with Crippen molar-refractivity contribution in [1.29, 1.82) is 0 Å². The topological polar surface area (TPSA) is 87.3 Å². The Balaban J connectivity index is 1.40. The fourth-order valence-electron chi connectivity index (χ4n) is 5.39. The zero-order chi connectivity index (χ0) is 17.2. The van der Waals surface area contributed by atoms with Crippen molar-refractivity contribution in [2.75, 3.05) is 19.6 Å². The first-order valence-corrected chi connectivity index (χ1v) is 9.32. The van der Waals surface area contributed by atoms with Crippen LogP contribution in [0, 0.1) is 23.2 Å². The van der Waals surface area contributed by atoms with Gasteiger partial charge in [-0.15, -0.1) is 0 Å². The van der Waals surface area contributed by atoms with E-state index in [-0.39, 0.29) is 36.1 Å². The lowest BCUT2D eigenvalue weighted by Crippen LogP contribution is -2.53. The number of carbonyl (C=O) groups excluding carboxylic acids is 3. The van der Waals surface area contributed by atoms with Crippen molar-refractivity contribution in [2.24, 2.45) is 23.2 Å². The van der Waals surface area contributed by atoms with Crippen LogP contribution in [-0.2, 0) is 14.4 Å². The summed E-state index contributed by atoms with van der Waals surface area (Å²) in [5.74, 6) is 1.97. The van der Waals surface area contributed by atoms with Gasteiger partial charge in [-0.1, -0.05) is 0 Å². The summed E-state index contributed by atoms with van der Waals surface area (Å²) >= 11 is 0. The highest BCUT2D eigenvalue weighted by Crippen LogP contribution is 2.60. The van der Waals surface area contributed by atoms with Crippen LogP contribution in [0.2, 0.25) is 0 Å². The first-order valence-electron chi connectivity index (χ1n) is 9.32. The second-order valence-corrected chi connectivity index (χ2v) is 7.93. The van der Waals surface area contributed by atoms with Gasteiger partial charge in [0.1, 0.15) is 0 Å². The van der Waals surface area contributed by atoms with Crippen LogP contribution >= 0.6 is 0 Å². The molecule has 0 spiro atoms. The van der Waals surface area contributed by atoms with E-state index in [4.69, 9.17) is 0 Å². The van der Waals surface area contributed by atoms with E-state index in [9.17, 15) is 14.4 Å². The smallest absolute Gasteiger partial charge is 0.239 e. The zero-order valence-electron chi connectivity index (χ0n) is 14.5. The van der Waals surface area contributed by atoms with Crippen LogP contribution < -0.4 is 16.0 Å². The summed E-state index contributed by atoms with van der Waals surface area (Å²) in [6.45, 7) is 2.73. The van der Waals surface area contributed by atoms with Crippen LogP contribution in [0.5, 0.6) is 0 Å². The van der Waals surface area contributed by atoms with Gasteiger partial charge < -0.3 is 16.0 Å². The monoisotopic (exact) mass is 335 g/mol. The van der Waals surface area contributed by atoms with Gasteiger partial charge in [-0.3, -0.25) is 14.4 Å². The summed E-state index contributed by atoms with van der Waals surface area (Å²) in [7, 11) is 0. The Morgan fingerprint density at radius 1 is 0.875 bits per heavy atom. The average Bonchev–Trinajstić information content (AvgIpc) is 2.52. The molecule has 4 rings (SSSR count). The Bertz CT molecular complexity index is 482. The van der Waals surface area contributed by atoms with E-state index in [1.165, 1.54) is 19.3 Å². The van der Waals surface area contributed by atoms with Gasteiger partial charge in [-0.2, -0.15) is 0 Å². The number of likely N-dealkylation sites (N-methyl/N-ethyl adjacent to an activating group) is 1. The van der Waals surface area contributed by atoms with Crippen molar-refractivity contribution in [2.45, 2.75) is 51.9 Å². The van der Waals surface area contributed by atoms with Gasteiger partial charge in [0.25, 0.3) is 0 Å². The lowest BCUT2D eigenvalue weighted by molar-refractivity contribution is -0.146. The van der Waals surface area contributed by atoms with Gasteiger partial charge >= 0.3 is 0 Å². The standard InChI is InChI=1S/C18H29N3O3/c1-2-19-16(23)11-21-15(22)3-4-20-17(24)18-8-12-5-13(9-18)7-14(6-12)10-18/h12-14H,2-11H2,1H3,(H,19,23)(H,20,24)(H,21,22). The molecule has 3 amide bonds. The van der Waals surface area contributed by atoms with E-state index in [0.29, 0.717) is 13.1 Å². The first kappa shape index (κ1) is 17.2. The van der Waals surface area contributed by atoms with Gasteiger partial charge in [-0.05, 0) is 63.2 Å². The molecule has 24 heavy (non-hydrogen) atoms. The third-order valence-electron chi connectivity index (χ3n) is 5.98. The van der Waals surface area contributed by atoms with Gasteiger partial charge in [0.05, 0.1) is 6.54 Å². The minimum Gasteiger partial charge on any atom is -0.355 e. The SMILES string of the molecule is CCNC(=O)CNC(=O)CCNC(=O)C12CC3CC(CC(C3)C1)C2. The molecule has 0 aromatic heterocycles. The normalized spacial score (nSPS) is 33.1. The maximum Gasteiger partial charge on any atom is 0.239 e. The molecule has 4 saturated carbocycles. The number of amides is 3. The summed E-state index contributed by atoms with van der Waals surface area (Å²) in [4.78, 5) is 35.8. The average molecular weight is 335 g/mol. The lowest BCUT2D eigenvalue weighted by Gasteiger charge is -2.55. The van der Waals surface area contributed by atoms with E-state index >= 15 is 0 Å². The van der Waals surface area contributed by atoms with Crippen LogP contribution in [-0.4, -0.2) is 37.4 Å². The Hall–Kier alpha value is -1.59. The maximum atomic E-state index is 12.7. The van der Waals surface area contributed by atoms with Gasteiger partial charge in [0.15, 0.2) is 0 Å². The molecule has 4 aliphatic carbocycles. The lowest BCUT2D eigenvalue weighted by atomic mass is 9.49. The van der Waals surface area contributed by atoms with Crippen LogP contribution in [0.15, 0.2) is 0 Å². The highest BCUT2D eigenvalue weighted by molar-refractivity contribution is 5.86. The molecule has 6 nitrogen and oxygen atoms in total. The van der Waals surface area contributed by atoms with Gasteiger partial charge in [0.2, 0.25) is 17.7 Å². The van der Waals surface area contributed by atoms with Crippen molar-refractivity contribution in [3.8, 4) is 0 Å². The summed E-state index contributed by atoms with van der Waals surface area (Å²) in [6.07, 6.45) is 7.27. The van der Waals surface area contributed by atoms with Crippen LogP contribution in [0.4, 0.5) is 0 Å². The summed E-state index contributed by atoms with van der Waals surface area (Å²) in [5.41, 5.74) is -0.160. The summed E-state index contributed by atoms with van der Waals surface area (Å²) in [6, 6.07) is 0. The molecule has 0 atom stereocenters. The third-order valence-corrected chi connectivity index (χ3v) is 5.98. The molecule has 0 heterocycles. The van der Waals surface area contributed by atoms with E-state index in [0.717, 1.165) is 37.0 Å². The highest BCUT2D eigenvalue weighted by Gasteiger charge is 2.54. The van der Waals surface area contributed by atoms with Crippen LogP contribution in [0.3, 0.4) is 0 Å². The fourth-order valence-corrected chi connectivity index (χ4v) is 5.39. The molecule has 4 fully saturated rings. The van der Waals surface area contributed by atoms with Gasteiger partial charge in [-0.25, -0.2) is 0 Å². The van der Waals surface area contributed by atoms with E-state index in [2.05, 4.69) is 16.0 Å². The molecule has 3 N–H and O–H groups in total. The number of rotatable bonds is 7. The molecule has 0 aromatic rings. The molecule has 0 aliphatic heterocycles. The second kappa shape index (κ2) is 7.11. The number of carbonyl (C=O) groups is 3. The van der Waals surface area contributed by atoms with Crippen molar-refractivity contribution < 1.29 is 14.4 Å². The molecule has 0 radical (unpaired) electrons. The Labute approximate surface area is 143 Å². The van der Waals surface area contributed by atoms with Crippen molar-refractivity contribution >= 4 is 17.7 Å². The molecule has 134 valence electrons. The fraction of sp³-hybridized carbons (Fsp3) is 0.833. The Morgan fingerprint density at radius 3 is 2.00 bits per heavy atom. The van der Waals surface area contributed by atoms with Crippen molar-refractivity contribution in [3.63, 3.8) is 0 Å². The van der Waals surface area contributed by atoms with E-state index in [1.807, 2.05) is 6.92 Å². The van der Waals surface area contributed by atoms with Crippen LogP contribution in [0.1, 0.15) is 51.9 Å². The predicted molar refractivity (Wildman–Crippen MR) is 89.9 cm³/mol. The Morgan fingerprint density at radius 2 is 1.46 bits per heavy atom. The molecule has 4 bridgehead atoms. The second-order valence-electron chi connectivity index (χ2n) is 7.93. The molecular weight excluding hydrogens is 306 g/mol. The zero-order valence-corrected chi connectivity index (χ0v) is 14.5. The van der Waals surface area contributed by atoms with E-state index in [1.54, 1.807) is 0 Å². The molecule has 0 aromatic carbocycles. The molecule has 4 aliphatic rings. The first-order chi connectivity index (χ1) is 11.5. The molecular formula is C18H29N3O3. The maximum absolute atomic E-state index is 12.7. The number of hydrogen-bond acceptors (Lipinski definition) is 3. The van der Waals surface area contributed by atoms with Crippen LogP contribution in [0.25, 0.3) is 0 Å². The summed E-state index contributed by atoms with van der Waals surface area (Å²) < 4.78 is 0. The number of nitrogens with one attached hydrogen (secondary N) is 3. The predicted octanol–water partition coefficient (Wildman–Crippen LogP) is 0.961. The minimum atomic E-state index is -0.202. The molecule has 6 heteroatoms. The minimum absolute atomic E-state index is 0.00437. The van der Waals surface area contributed by atoms with E-state index < -0.39 is 0 Å². The highest BCUT2D eigenvalue weighted by atomic mass is 16.2. The quantitative estimate of drug-likeness (QED) is 0.648. The largest absolute Gasteiger partial charge is 0.355 e. The number of hydrogen-bond donors (Lipinski definition) is 3. The Kier molecular flexibility index (Phi) is 5.11. The van der Waals surface area contributed by atoms with Crippen molar-refractivity contribution in [1.82, 2.24) is 16.0 Å². The summed E-state index contributed by atoms with van der Waals surface area (Å²) in [5, 5.41) is 8.18. The molecule has 0 saturated heterocycles. The third kappa shape index (κ3) is 3.73. The molecule has 0 unspecified atom stereocenters.